The number of aromatic nitrogens is 1. The van der Waals surface area contributed by atoms with E-state index in [2.05, 4.69) is 240 Å². The van der Waals surface area contributed by atoms with Gasteiger partial charge in [-0.1, -0.05) is 164 Å². The molecule has 0 aliphatic carbocycles. The smallest absolute Gasteiger partial charge is 0.135 e. The first-order valence-corrected chi connectivity index (χ1v) is 21.5. The highest BCUT2D eigenvalue weighted by molar-refractivity contribution is 6.16. The van der Waals surface area contributed by atoms with E-state index in [1.165, 1.54) is 49.6 Å². The van der Waals surface area contributed by atoms with Crippen molar-refractivity contribution in [2.24, 2.45) is 0 Å². The molecule has 3 heteroatoms. The molecule has 0 aliphatic heterocycles. The summed E-state index contributed by atoms with van der Waals surface area (Å²) in [7, 11) is 0. The second kappa shape index (κ2) is 15.3. The molecule has 0 saturated carbocycles. The van der Waals surface area contributed by atoms with Crippen molar-refractivity contribution in [3.63, 3.8) is 0 Å². The summed E-state index contributed by atoms with van der Waals surface area (Å²) in [6.45, 7) is 0. The van der Waals surface area contributed by atoms with Crippen molar-refractivity contribution in [2.45, 2.75) is 0 Å². The SMILES string of the molecule is c1ccc(-c2cc(-c3ccccc3)cc(N(c3ccc(-c4ccc(-c5cccc6c5c5ccccc5n6-c5ccccc5)cc4)cc3)c3ccc4oc5ccccc5c4c3)c2)cc1. The summed E-state index contributed by atoms with van der Waals surface area (Å²) in [5, 5.41) is 4.71. The Morgan fingerprint density at radius 3 is 1.52 bits per heavy atom. The van der Waals surface area contributed by atoms with Crippen molar-refractivity contribution in [1.82, 2.24) is 4.57 Å². The van der Waals surface area contributed by atoms with Crippen LogP contribution < -0.4 is 4.90 Å². The Balaban J connectivity index is 0.958. The normalized spacial score (nSPS) is 11.5. The van der Waals surface area contributed by atoms with Gasteiger partial charge in [-0.2, -0.15) is 0 Å². The van der Waals surface area contributed by atoms with Crippen LogP contribution in [-0.2, 0) is 0 Å². The van der Waals surface area contributed by atoms with Gasteiger partial charge in [0.05, 0.1) is 11.0 Å². The Morgan fingerprint density at radius 1 is 0.302 bits per heavy atom. The van der Waals surface area contributed by atoms with Crippen LogP contribution in [0.5, 0.6) is 0 Å². The van der Waals surface area contributed by atoms with Crippen LogP contribution >= 0.6 is 0 Å². The van der Waals surface area contributed by atoms with Crippen LogP contribution in [0.1, 0.15) is 0 Å². The van der Waals surface area contributed by atoms with Crippen LogP contribution in [0.4, 0.5) is 17.1 Å². The van der Waals surface area contributed by atoms with E-state index in [0.29, 0.717) is 0 Å². The van der Waals surface area contributed by atoms with E-state index in [1.54, 1.807) is 0 Å². The second-order valence-corrected chi connectivity index (χ2v) is 16.1. The number of para-hydroxylation sites is 3. The Labute approximate surface area is 366 Å². The summed E-state index contributed by atoms with van der Waals surface area (Å²) in [5.41, 5.74) is 17.9. The van der Waals surface area contributed by atoms with Crippen molar-refractivity contribution in [1.29, 1.82) is 0 Å². The van der Waals surface area contributed by atoms with Gasteiger partial charge in [-0.05, 0) is 123 Å². The maximum atomic E-state index is 6.29. The molecule has 10 aromatic carbocycles. The lowest BCUT2D eigenvalue weighted by Crippen LogP contribution is -2.10. The van der Waals surface area contributed by atoms with Gasteiger partial charge in [0.1, 0.15) is 11.2 Å². The Bertz CT molecular complexity index is 3530. The second-order valence-electron chi connectivity index (χ2n) is 16.1. The molecule has 0 bridgehead atoms. The minimum absolute atomic E-state index is 0.875. The molecule has 0 unspecified atom stereocenters. The van der Waals surface area contributed by atoms with Crippen molar-refractivity contribution >= 4 is 60.8 Å². The zero-order valence-electron chi connectivity index (χ0n) is 34.4. The summed E-state index contributed by atoms with van der Waals surface area (Å²) < 4.78 is 8.67. The number of rotatable bonds is 8. The summed E-state index contributed by atoms with van der Waals surface area (Å²) in [6, 6.07) is 87.2. The molecule has 3 nitrogen and oxygen atoms in total. The van der Waals surface area contributed by atoms with Gasteiger partial charge < -0.3 is 13.9 Å². The van der Waals surface area contributed by atoms with Gasteiger partial charge in [0.15, 0.2) is 0 Å². The molecule has 2 heterocycles. The first-order chi connectivity index (χ1) is 31.2. The molecule has 0 aliphatic rings. The number of nitrogens with zero attached hydrogens (tertiary/aromatic N) is 2. The van der Waals surface area contributed by atoms with Crippen molar-refractivity contribution in [3.8, 4) is 50.2 Å². The summed E-state index contributed by atoms with van der Waals surface area (Å²) in [4.78, 5) is 2.37. The minimum atomic E-state index is 0.875. The number of furan rings is 1. The first kappa shape index (κ1) is 36.5. The van der Waals surface area contributed by atoms with Gasteiger partial charge >= 0.3 is 0 Å². The Hall–Kier alpha value is -8.40. The van der Waals surface area contributed by atoms with Crippen molar-refractivity contribution < 1.29 is 4.42 Å². The topological polar surface area (TPSA) is 21.3 Å². The molecular weight excluding hydrogens is 765 g/mol. The fraction of sp³-hybridized carbons (Fsp3) is 0. The van der Waals surface area contributed by atoms with Crippen molar-refractivity contribution in [2.75, 3.05) is 4.90 Å². The third kappa shape index (κ3) is 6.46. The number of fused-ring (bicyclic) bond motifs is 6. The largest absolute Gasteiger partial charge is 0.456 e. The van der Waals surface area contributed by atoms with E-state index in [-0.39, 0.29) is 0 Å². The first-order valence-electron chi connectivity index (χ1n) is 21.5. The van der Waals surface area contributed by atoms with Crippen LogP contribution in [0.3, 0.4) is 0 Å². The highest BCUT2D eigenvalue weighted by Crippen LogP contribution is 2.43. The zero-order chi connectivity index (χ0) is 41.7. The molecule has 0 saturated heterocycles. The van der Waals surface area contributed by atoms with Crippen LogP contribution in [0.2, 0.25) is 0 Å². The zero-order valence-corrected chi connectivity index (χ0v) is 34.4. The molecule has 0 fully saturated rings. The van der Waals surface area contributed by atoms with E-state index in [4.69, 9.17) is 4.42 Å². The third-order valence-electron chi connectivity index (χ3n) is 12.4. The molecule has 296 valence electrons. The maximum absolute atomic E-state index is 6.29. The molecule has 12 aromatic rings. The minimum Gasteiger partial charge on any atom is -0.456 e. The standard InChI is InChI=1S/C60H40N2O/c1-4-15-41(16-5-1)46-37-47(42-17-6-2-7-18-42)39-51(38-46)61(50-35-36-59-55(40-50)53-21-11-13-26-58(53)63-59)49-33-31-44(32-34-49)43-27-29-45(30-28-43)52-23-14-25-57-60(52)54-22-10-12-24-56(54)62(57)48-19-8-3-9-20-48/h1-40H. The van der Waals surface area contributed by atoms with Crippen LogP contribution in [-0.4, -0.2) is 4.57 Å². The molecular formula is C60H40N2O. The monoisotopic (exact) mass is 804 g/mol. The Morgan fingerprint density at radius 2 is 0.825 bits per heavy atom. The number of hydrogen-bond donors (Lipinski definition) is 0. The number of benzene rings is 10. The third-order valence-corrected chi connectivity index (χ3v) is 12.4. The van der Waals surface area contributed by atoms with Gasteiger partial charge in [-0.3, -0.25) is 0 Å². The van der Waals surface area contributed by atoms with E-state index in [1.807, 2.05) is 12.1 Å². The van der Waals surface area contributed by atoms with E-state index < -0.39 is 0 Å². The van der Waals surface area contributed by atoms with Gasteiger partial charge in [0.25, 0.3) is 0 Å². The molecule has 0 N–H and O–H groups in total. The average Bonchev–Trinajstić information content (AvgIpc) is 3.91. The molecule has 12 rings (SSSR count). The highest BCUT2D eigenvalue weighted by atomic mass is 16.3. The highest BCUT2D eigenvalue weighted by Gasteiger charge is 2.19. The molecule has 2 aromatic heterocycles. The molecule has 63 heavy (non-hydrogen) atoms. The number of hydrogen-bond acceptors (Lipinski definition) is 2. The number of anilines is 3. The summed E-state index contributed by atoms with van der Waals surface area (Å²) in [5.74, 6) is 0. The van der Waals surface area contributed by atoms with Crippen molar-refractivity contribution in [3.05, 3.63) is 243 Å². The van der Waals surface area contributed by atoms with Gasteiger partial charge in [-0.25, -0.2) is 0 Å². The van der Waals surface area contributed by atoms with Gasteiger partial charge in [0.2, 0.25) is 0 Å². The maximum Gasteiger partial charge on any atom is 0.135 e. The fourth-order valence-electron chi connectivity index (χ4n) is 9.40. The van der Waals surface area contributed by atoms with E-state index in [9.17, 15) is 0 Å². The predicted molar refractivity (Wildman–Crippen MR) is 264 cm³/mol. The van der Waals surface area contributed by atoms with Gasteiger partial charge in [-0.15, -0.1) is 0 Å². The van der Waals surface area contributed by atoms with E-state index in [0.717, 1.165) is 61.4 Å². The quantitative estimate of drug-likeness (QED) is 0.153. The van der Waals surface area contributed by atoms with Gasteiger partial charge in [0, 0.05) is 44.3 Å². The van der Waals surface area contributed by atoms with Crippen LogP contribution in [0, 0.1) is 0 Å². The lowest BCUT2D eigenvalue weighted by molar-refractivity contribution is 0.669. The van der Waals surface area contributed by atoms with Crippen LogP contribution in [0.15, 0.2) is 247 Å². The van der Waals surface area contributed by atoms with E-state index >= 15 is 0 Å². The molecule has 0 radical (unpaired) electrons. The predicted octanol–water partition coefficient (Wildman–Crippen LogP) is 16.8. The fourth-order valence-corrected chi connectivity index (χ4v) is 9.40. The summed E-state index contributed by atoms with van der Waals surface area (Å²) in [6.07, 6.45) is 0. The molecule has 0 spiro atoms. The molecule has 0 atom stereocenters. The lowest BCUT2D eigenvalue weighted by atomic mass is 9.96. The Kier molecular flexibility index (Phi) is 8.83. The lowest BCUT2D eigenvalue weighted by Gasteiger charge is -2.27. The molecule has 0 amide bonds. The van der Waals surface area contributed by atoms with Crippen LogP contribution in [0.25, 0.3) is 93.9 Å². The average molecular weight is 805 g/mol. The summed E-state index contributed by atoms with van der Waals surface area (Å²) >= 11 is 0.